The summed E-state index contributed by atoms with van der Waals surface area (Å²) in [5, 5.41) is 5.51. The van der Waals surface area contributed by atoms with Crippen molar-refractivity contribution in [3.05, 3.63) is 76.3 Å². The number of hydrogen-bond donors (Lipinski definition) is 1. The number of fused-ring (bicyclic) bond motifs is 1. The van der Waals surface area contributed by atoms with Crippen LogP contribution in [0, 0.1) is 0 Å². The van der Waals surface area contributed by atoms with Gasteiger partial charge in [0.15, 0.2) is 0 Å². The largest absolute Gasteiger partial charge is 0.319 e. The Hall–Kier alpha value is -2.03. The third-order valence-corrected chi connectivity index (χ3v) is 3.87. The molecule has 0 radical (unpaired) electrons. The van der Waals surface area contributed by atoms with Crippen molar-refractivity contribution in [1.82, 2.24) is 0 Å². The molecular weight excluding hydrogens is 305 g/mol. The summed E-state index contributed by atoms with van der Waals surface area (Å²) < 4.78 is 0. The number of amides is 1. The van der Waals surface area contributed by atoms with Crippen molar-refractivity contribution in [2.75, 3.05) is 5.32 Å². The standard InChI is InChI=1S/C17H11Cl2NO/c18-14-9-4-10-15(19)16(14)20-17(21)13-8-3-6-11-5-1-2-7-12(11)13/h1-10H,(H,20,21). The Kier molecular flexibility index (Phi) is 3.82. The van der Waals surface area contributed by atoms with Crippen molar-refractivity contribution >= 4 is 45.6 Å². The lowest BCUT2D eigenvalue weighted by molar-refractivity contribution is 0.102. The van der Waals surface area contributed by atoms with E-state index in [1.54, 1.807) is 24.3 Å². The van der Waals surface area contributed by atoms with Crippen LogP contribution in [0.5, 0.6) is 0 Å². The molecule has 0 bridgehead atoms. The maximum atomic E-state index is 12.5. The summed E-state index contributed by atoms with van der Waals surface area (Å²) in [6, 6.07) is 18.4. The number of anilines is 1. The van der Waals surface area contributed by atoms with Gasteiger partial charge in [0.2, 0.25) is 0 Å². The highest BCUT2D eigenvalue weighted by Gasteiger charge is 2.13. The highest BCUT2D eigenvalue weighted by molar-refractivity contribution is 6.40. The molecule has 3 rings (SSSR count). The van der Waals surface area contributed by atoms with Crippen LogP contribution >= 0.6 is 23.2 Å². The highest BCUT2D eigenvalue weighted by Crippen LogP contribution is 2.30. The van der Waals surface area contributed by atoms with Gasteiger partial charge in [-0.2, -0.15) is 0 Å². The van der Waals surface area contributed by atoms with Crippen molar-refractivity contribution in [2.45, 2.75) is 0 Å². The van der Waals surface area contributed by atoms with E-state index >= 15 is 0 Å². The van der Waals surface area contributed by atoms with Crippen molar-refractivity contribution < 1.29 is 4.79 Å². The average molecular weight is 316 g/mol. The lowest BCUT2D eigenvalue weighted by atomic mass is 10.0. The minimum atomic E-state index is -0.234. The second-order valence-corrected chi connectivity index (χ2v) is 5.39. The first kappa shape index (κ1) is 13.9. The molecule has 0 aliphatic carbocycles. The molecule has 0 aliphatic rings. The number of carbonyl (C=O) groups is 1. The topological polar surface area (TPSA) is 29.1 Å². The fraction of sp³-hybridized carbons (Fsp3) is 0. The van der Waals surface area contributed by atoms with Crippen LogP contribution in [0.15, 0.2) is 60.7 Å². The number of carbonyl (C=O) groups excluding carboxylic acids is 1. The first-order valence-electron chi connectivity index (χ1n) is 6.40. The molecule has 0 aromatic heterocycles. The van der Waals surface area contributed by atoms with E-state index in [4.69, 9.17) is 23.2 Å². The van der Waals surface area contributed by atoms with Gasteiger partial charge in [-0.05, 0) is 29.0 Å². The van der Waals surface area contributed by atoms with Gasteiger partial charge in [-0.3, -0.25) is 4.79 Å². The third-order valence-electron chi connectivity index (χ3n) is 3.24. The molecule has 2 nitrogen and oxygen atoms in total. The molecule has 0 spiro atoms. The number of para-hydroxylation sites is 1. The first-order valence-corrected chi connectivity index (χ1v) is 7.15. The summed E-state index contributed by atoms with van der Waals surface area (Å²) in [4.78, 5) is 12.5. The SMILES string of the molecule is O=C(Nc1c(Cl)cccc1Cl)c1cccc2ccccc12. The molecule has 0 unspecified atom stereocenters. The van der Waals surface area contributed by atoms with E-state index in [0.29, 0.717) is 21.3 Å². The molecule has 0 saturated carbocycles. The molecule has 3 aromatic carbocycles. The van der Waals surface area contributed by atoms with Gasteiger partial charge in [-0.25, -0.2) is 0 Å². The fourth-order valence-corrected chi connectivity index (χ4v) is 2.71. The van der Waals surface area contributed by atoms with Gasteiger partial charge in [0.25, 0.3) is 5.91 Å². The summed E-state index contributed by atoms with van der Waals surface area (Å²) in [5.74, 6) is -0.234. The van der Waals surface area contributed by atoms with Crippen LogP contribution in [0.25, 0.3) is 10.8 Å². The lowest BCUT2D eigenvalue weighted by Crippen LogP contribution is -2.13. The van der Waals surface area contributed by atoms with Crippen LogP contribution in [-0.2, 0) is 0 Å². The summed E-state index contributed by atoms with van der Waals surface area (Å²) in [6.07, 6.45) is 0. The zero-order valence-electron chi connectivity index (χ0n) is 10.9. The molecule has 0 fully saturated rings. The van der Waals surface area contributed by atoms with Crippen molar-refractivity contribution in [3.63, 3.8) is 0 Å². The Morgan fingerprint density at radius 1 is 0.810 bits per heavy atom. The van der Waals surface area contributed by atoms with Crippen molar-refractivity contribution in [3.8, 4) is 0 Å². The molecule has 104 valence electrons. The second-order valence-electron chi connectivity index (χ2n) is 4.58. The van der Waals surface area contributed by atoms with Crippen LogP contribution in [0.3, 0.4) is 0 Å². The van der Waals surface area contributed by atoms with Crippen LogP contribution in [-0.4, -0.2) is 5.91 Å². The normalized spacial score (nSPS) is 10.6. The Labute approximate surface area is 132 Å². The minimum absolute atomic E-state index is 0.234. The smallest absolute Gasteiger partial charge is 0.256 e. The third kappa shape index (κ3) is 2.73. The summed E-state index contributed by atoms with van der Waals surface area (Å²) in [7, 11) is 0. The van der Waals surface area contributed by atoms with Gasteiger partial charge < -0.3 is 5.32 Å². The van der Waals surface area contributed by atoms with Crippen LogP contribution < -0.4 is 5.32 Å². The monoisotopic (exact) mass is 315 g/mol. The van der Waals surface area contributed by atoms with Gasteiger partial charge in [0.05, 0.1) is 15.7 Å². The van der Waals surface area contributed by atoms with E-state index in [1.165, 1.54) is 0 Å². The predicted molar refractivity (Wildman–Crippen MR) is 88.4 cm³/mol. The number of hydrogen-bond acceptors (Lipinski definition) is 1. The molecule has 21 heavy (non-hydrogen) atoms. The molecule has 0 heterocycles. The van der Waals surface area contributed by atoms with Crippen LogP contribution in [0.4, 0.5) is 5.69 Å². The average Bonchev–Trinajstić information content (AvgIpc) is 2.50. The molecule has 1 amide bonds. The number of nitrogens with one attached hydrogen (secondary N) is 1. The number of benzene rings is 3. The van der Waals surface area contributed by atoms with E-state index in [2.05, 4.69) is 5.32 Å². The molecule has 0 atom stereocenters. The van der Waals surface area contributed by atoms with E-state index in [9.17, 15) is 4.79 Å². The Morgan fingerprint density at radius 2 is 1.43 bits per heavy atom. The predicted octanol–water partition coefficient (Wildman–Crippen LogP) is 5.40. The Balaban J connectivity index is 2.02. The van der Waals surface area contributed by atoms with Gasteiger partial charge in [-0.1, -0.05) is 65.7 Å². The molecule has 3 aromatic rings. The first-order chi connectivity index (χ1) is 10.2. The quantitative estimate of drug-likeness (QED) is 0.674. The van der Waals surface area contributed by atoms with Crippen molar-refractivity contribution in [2.24, 2.45) is 0 Å². The lowest BCUT2D eigenvalue weighted by Gasteiger charge is -2.10. The van der Waals surface area contributed by atoms with E-state index in [1.807, 2.05) is 36.4 Å². The zero-order valence-corrected chi connectivity index (χ0v) is 12.4. The minimum Gasteiger partial charge on any atom is -0.319 e. The van der Waals surface area contributed by atoms with Crippen molar-refractivity contribution in [1.29, 1.82) is 0 Å². The van der Waals surface area contributed by atoms with Crippen LogP contribution in [0.1, 0.15) is 10.4 Å². The highest BCUT2D eigenvalue weighted by atomic mass is 35.5. The van der Waals surface area contributed by atoms with Gasteiger partial charge in [0, 0.05) is 5.56 Å². The molecule has 0 aliphatic heterocycles. The summed E-state index contributed by atoms with van der Waals surface area (Å²) in [6.45, 7) is 0. The van der Waals surface area contributed by atoms with E-state index < -0.39 is 0 Å². The molecule has 0 saturated heterocycles. The molecular formula is C17H11Cl2NO. The van der Waals surface area contributed by atoms with Gasteiger partial charge >= 0.3 is 0 Å². The fourth-order valence-electron chi connectivity index (χ4n) is 2.22. The molecule has 1 N–H and O–H groups in total. The Morgan fingerprint density at radius 3 is 2.19 bits per heavy atom. The van der Waals surface area contributed by atoms with E-state index in [-0.39, 0.29) is 5.91 Å². The Bertz CT molecular complexity index is 804. The van der Waals surface area contributed by atoms with E-state index in [0.717, 1.165) is 10.8 Å². The zero-order chi connectivity index (χ0) is 14.8. The summed E-state index contributed by atoms with van der Waals surface area (Å²) >= 11 is 12.2. The number of rotatable bonds is 2. The van der Waals surface area contributed by atoms with Gasteiger partial charge in [0.1, 0.15) is 0 Å². The maximum Gasteiger partial charge on any atom is 0.256 e. The van der Waals surface area contributed by atoms with Gasteiger partial charge in [-0.15, -0.1) is 0 Å². The number of halogens is 2. The maximum absolute atomic E-state index is 12.5. The van der Waals surface area contributed by atoms with Crippen LogP contribution in [0.2, 0.25) is 10.0 Å². The summed E-state index contributed by atoms with van der Waals surface area (Å²) in [5.41, 5.74) is 1.02. The molecule has 4 heteroatoms. The second kappa shape index (κ2) is 5.76.